The SMILES string of the molecule is CN(C)CCOC(=O)Nc1ccc(C(=O)Nc2cc(-c3ccc(C(F)(F)F)cc3)ccc2N)cc1. The fourth-order valence-corrected chi connectivity index (χ4v) is 3.07. The van der Waals surface area contributed by atoms with Crippen molar-refractivity contribution in [3.63, 3.8) is 0 Å². The molecule has 0 heterocycles. The first-order valence-corrected chi connectivity index (χ1v) is 10.6. The molecule has 2 amide bonds. The van der Waals surface area contributed by atoms with Crippen molar-refractivity contribution >= 4 is 29.1 Å². The largest absolute Gasteiger partial charge is 0.448 e. The maximum Gasteiger partial charge on any atom is 0.416 e. The van der Waals surface area contributed by atoms with Crippen LogP contribution in [-0.4, -0.2) is 44.1 Å². The van der Waals surface area contributed by atoms with E-state index in [0.29, 0.717) is 40.3 Å². The van der Waals surface area contributed by atoms with Crippen molar-refractivity contribution in [3.8, 4) is 11.1 Å². The second-order valence-electron chi connectivity index (χ2n) is 7.97. The number of hydrogen-bond donors (Lipinski definition) is 3. The Balaban J connectivity index is 1.66. The third-order valence-electron chi connectivity index (χ3n) is 5.01. The number of nitrogens with one attached hydrogen (secondary N) is 2. The smallest absolute Gasteiger partial charge is 0.416 e. The van der Waals surface area contributed by atoms with E-state index >= 15 is 0 Å². The van der Waals surface area contributed by atoms with Crippen LogP contribution >= 0.6 is 0 Å². The monoisotopic (exact) mass is 486 g/mol. The number of carbonyl (C=O) groups is 2. The first-order valence-electron chi connectivity index (χ1n) is 10.6. The molecule has 0 radical (unpaired) electrons. The van der Waals surface area contributed by atoms with Gasteiger partial charge in [0.15, 0.2) is 0 Å². The second kappa shape index (κ2) is 10.9. The lowest BCUT2D eigenvalue weighted by molar-refractivity contribution is -0.137. The van der Waals surface area contributed by atoms with E-state index in [0.717, 1.165) is 12.1 Å². The molecule has 0 saturated carbocycles. The molecule has 35 heavy (non-hydrogen) atoms. The molecule has 184 valence electrons. The van der Waals surface area contributed by atoms with Crippen molar-refractivity contribution in [3.05, 3.63) is 77.9 Å². The Morgan fingerprint density at radius 3 is 2.14 bits per heavy atom. The molecule has 7 nitrogen and oxygen atoms in total. The van der Waals surface area contributed by atoms with Crippen LogP contribution in [0.4, 0.5) is 35.0 Å². The minimum absolute atomic E-state index is 0.242. The normalized spacial score (nSPS) is 11.3. The van der Waals surface area contributed by atoms with Gasteiger partial charge in [0.1, 0.15) is 6.61 Å². The maximum absolute atomic E-state index is 12.8. The Hall–Kier alpha value is -4.05. The van der Waals surface area contributed by atoms with Crippen molar-refractivity contribution in [1.82, 2.24) is 4.90 Å². The van der Waals surface area contributed by atoms with E-state index in [-0.39, 0.29) is 6.61 Å². The molecule has 4 N–H and O–H groups in total. The predicted octanol–water partition coefficient (Wildman–Crippen LogP) is 5.32. The van der Waals surface area contributed by atoms with Gasteiger partial charge in [-0.15, -0.1) is 0 Å². The van der Waals surface area contributed by atoms with Crippen LogP contribution in [-0.2, 0) is 10.9 Å². The maximum atomic E-state index is 12.8. The van der Waals surface area contributed by atoms with E-state index in [2.05, 4.69) is 10.6 Å². The highest BCUT2D eigenvalue weighted by Crippen LogP contribution is 2.32. The van der Waals surface area contributed by atoms with Crippen LogP contribution in [0.1, 0.15) is 15.9 Å². The summed E-state index contributed by atoms with van der Waals surface area (Å²) in [4.78, 5) is 26.4. The van der Waals surface area contributed by atoms with E-state index in [1.54, 1.807) is 30.3 Å². The average molecular weight is 486 g/mol. The number of anilines is 3. The number of rotatable bonds is 7. The molecule has 3 aromatic rings. The van der Waals surface area contributed by atoms with Gasteiger partial charge in [-0.25, -0.2) is 4.79 Å². The summed E-state index contributed by atoms with van der Waals surface area (Å²) in [6.45, 7) is 0.835. The number of nitrogens with zero attached hydrogens (tertiary/aromatic N) is 1. The van der Waals surface area contributed by atoms with Gasteiger partial charge in [-0.3, -0.25) is 10.1 Å². The minimum atomic E-state index is -4.42. The lowest BCUT2D eigenvalue weighted by Gasteiger charge is -2.12. The van der Waals surface area contributed by atoms with Crippen molar-refractivity contribution in [2.45, 2.75) is 6.18 Å². The molecule has 10 heteroatoms. The zero-order valence-electron chi connectivity index (χ0n) is 19.1. The number of nitrogen functional groups attached to an aromatic ring is 1. The Morgan fingerprint density at radius 2 is 1.54 bits per heavy atom. The van der Waals surface area contributed by atoms with Crippen molar-refractivity contribution < 1.29 is 27.5 Å². The van der Waals surface area contributed by atoms with Crippen LogP contribution in [0.2, 0.25) is 0 Å². The molecule has 0 unspecified atom stereocenters. The zero-order valence-corrected chi connectivity index (χ0v) is 19.1. The molecule has 0 saturated heterocycles. The molecule has 0 spiro atoms. The van der Waals surface area contributed by atoms with Gasteiger partial charge in [-0.1, -0.05) is 18.2 Å². The van der Waals surface area contributed by atoms with Gasteiger partial charge in [0.05, 0.1) is 16.9 Å². The number of amides is 2. The Morgan fingerprint density at radius 1 is 0.914 bits per heavy atom. The lowest BCUT2D eigenvalue weighted by atomic mass is 10.0. The quantitative estimate of drug-likeness (QED) is 0.393. The zero-order chi connectivity index (χ0) is 25.6. The van der Waals surface area contributed by atoms with E-state index in [4.69, 9.17) is 10.5 Å². The average Bonchev–Trinajstić information content (AvgIpc) is 2.80. The third kappa shape index (κ3) is 7.21. The summed E-state index contributed by atoms with van der Waals surface area (Å²) in [7, 11) is 3.73. The number of halogens is 3. The fourth-order valence-electron chi connectivity index (χ4n) is 3.07. The highest BCUT2D eigenvalue weighted by molar-refractivity contribution is 6.06. The number of carbonyl (C=O) groups excluding carboxylic acids is 2. The van der Waals surface area contributed by atoms with Crippen LogP contribution < -0.4 is 16.4 Å². The summed E-state index contributed by atoms with van der Waals surface area (Å²) in [6, 6.07) is 15.7. The van der Waals surface area contributed by atoms with Crippen LogP contribution in [0, 0.1) is 0 Å². The molecule has 3 aromatic carbocycles. The van der Waals surface area contributed by atoms with Gasteiger partial charge in [-0.2, -0.15) is 13.2 Å². The number of nitrogens with two attached hydrogens (primary N) is 1. The summed E-state index contributed by atoms with van der Waals surface area (Å²) in [5, 5.41) is 5.29. The topological polar surface area (TPSA) is 96.7 Å². The van der Waals surface area contributed by atoms with Crippen LogP contribution in [0.5, 0.6) is 0 Å². The highest BCUT2D eigenvalue weighted by Gasteiger charge is 2.30. The number of alkyl halides is 3. The summed E-state index contributed by atoms with van der Waals surface area (Å²) in [5.41, 5.74) is 7.77. The van der Waals surface area contributed by atoms with E-state index in [1.165, 1.54) is 24.3 Å². The van der Waals surface area contributed by atoms with Gasteiger partial charge in [0.25, 0.3) is 5.91 Å². The third-order valence-corrected chi connectivity index (χ3v) is 5.01. The Labute approximate surface area is 200 Å². The molecule has 0 aromatic heterocycles. The summed E-state index contributed by atoms with van der Waals surface area (Å²) >= 11 is 0. The number of benzene rings is 3. The summed E-state index contributed by atoms with van der Waals surface area (Å²) < 4.78 is 43.5. The standard InChI is InChI=1S/C25H25F3N4O3/c1-32(2)13-14-35-24(34)30-20-10-5-17(6-11-20)23(33)31-22-15-18(7-12-21(22)29)16-3-8-19(9-4-16)25(26,27)28/h3-12,15H,13-14,29H2,1-2H3,(H,30,34)(H,31,33). The molecule has 0 fully saturated rings. The van der Waals surface area contributed by atoms with Gasteiger partial charge in [0.2, 0.25) is 0 Å². The van der Waals surface area contributed by atoms with Gasteiger partial charge in [0, 0.05) is 17.8 Å². The number of hydrogen-bond acceptors (Lipinski definition) is 5. The molecular weight excluding hydrogens is 461 g/mol. The molecule has 0 bridgehead atoms. The van der Waals surface area contributed by atoms with Crippen LogP contribution in [0.3, 0.4) is 0 Å². The molecular formula is C25H25F3N4O3. The minimum Gasteiger partial charge on any atom is -0.448 e. The summed E-state index contributed by atoms with van der Waals surface area (Å²) in [5.74, 6) is -0.443. The first-order chi connectivity index (χ1) is 16.5. The molecule has 0 atom stereocenters. The molecule has 0 aliphatic carbocycles. The van der Waals surface area contributed by atoms with Gasteiger partial charge >= 0.3 is 12.3 Å². The lowest BCUT2D eigenvalue weighted by Crippen LogP contribution is -2.22. The predicted molar refractivity (Wildman–Crippen MR) is 129 cm³/mol. The van der Waals surface area contributed by atoms with Crippen molar-refractivity contribution in [1.29, 1.82) is 0 Å². The molecule has 0 aliphatic rings. The van der Waals surface area contributed by atoms with Crippen molar-refractivity contribution in [2.75, 3.05) is 43.6 Å². The summed E-state index contributed by atoms with van der Waals surface area (Å²) in [6.07, 6.45) is -5.02. The van der Waals surface area contributed by atoms with E-state index < -0.39 is 23.7 Å². The van der Waals surface area contributed by atoms with Crippen LogP contribution in [0.25, 0.3) is 11.1 Å². The van der Waals surface area contributed by atoms with Gasteiger partial charge < -0.3 is 20.7 Å². The fraction of sp³-hybridized carbons (Fsp3) is 0.200. The molecule has 0 aliphatic heterocycles. The Bertz CT molecular complexity index is 1180. The van der Waals surface area contributed by atoms with E-state index in [1.807, 2.05) is 19.0 Å². The molecule has 3 rings (SSSR count). The Kier molecular flexibility index (Phi) is 7.98. The first kappa shape index (κ1) is 25.6. The number of ether oxygens (including phenoxy) is 1. The second-order valence-corrected chi connectivity index (χ2v) is 7.97. The highest BCUT2D eigenvalue weighted by atomic mass is 19.4. The van der Waals surface area contributed by atoms with Crippen molar-refractivity contribution in [2.24, 2.45) is 0 Å². The van der Waals surface area contributed by atoms with E-state index in [9.17, 15) is 22.8 Å². The van der Waals surface area contributed by atoms with Crippen LogP contribution in [0.15, 0.2) is 66.7 Å². The van der Waals surface area contributed by atoms with Gasteiger partial charge in [-0.05, 0) is 73.8 Å². The number of likely N-dealkylation sites (N-methyl/N-ethyl adjacent to an activating group) is 1.